The summed E-state index contributed by atoms with van der Waals surface area (Å²) in [6.45, 7) is 0. The number of fused-ring (bicyclic) bond motifs is 1. The first kappa shape index (κ1) is 17.6. The highest BCUT2D eigenvalue weighted by atomic mass is 32.2. The Kier molecular flexibility index (Phi) is 4.61. The van der Waals surface area contributed by atoms with Gasteiger partial charge in [-0.1, -0.05) is 23.4 Å². The van der Waals surface area contributed by atoms with Crippen LogP contribution in [-0.4, -0.2) is 20.7 Å². The fourth-order valence-corrected chi connectivity index (χ4v) is 4.40. The number of aryl methyl sites for hydroxylation is 2. The van der Waals surface area contributed by atoms with Gasteiger partial charge >= 0.3 is 0 Å². The molecule has 140 valence electrons. The zero-order chi connectivity index (χ0) is 18.9. The lowest BCUT2D eigenvalue weighted by Crippen LogP contribution is -2.14. The third kappa shape index (κ3) is 3.55. The van der Waals surface area contributed by atoms with Crippen molar-refractivity contribution in [1.29, 1.82) is 0 Å². The van der Waals surface area contributed by atoms with Crippen LogP contribution in [0, 0.1) is 0 Å². The number of nitrogens with zero attached hydrogens (tertiary/aromatic N) is 1. The van der Waals surface area contributed by atoms with Crippen molar-refractivity contribution in [2.45, 2.75) is 30.6 Å². The van der Waals surface area contributed by atoms with Gasteiger partial charge in [0.15, 0.2) is 0 Å². The van der Waals surface area contributed by atoms with Gasteiger partial charge in [0.2, 0.25) is 5.88 Å². The normalized spacial score (nSPS) is 13.8. The quantitative estimate of drug-likeness (QED) is 0.718. The Bertz CT molecular complexity index is 1060. The average Bonchev–Trinajstić information content (AvgIpc) is 3.15. The molecule has 27 heavy (non-hydrogen) atoms. The number of methoxy groups -OCH3 is 1. The zero-order valence-electron chi connectivity index (χ0n) is 14.9. The molecule has 1 heterocycles. The fraction of sp³-hybridized carbons (Fsp3) is 0.250. The maximum Gasteiger partial charge on any atom is 0.264 e. The molecular weight excluding hydrogens is 364 g/mol. The topological polar surface area (TPSA) is 81.4 Å². The van der Waals surface area contributed by atoms with Gasteiger partial charge in [-0.05, 0) is 66.6 Å². The molecule has 3 aromatic rings. The number of hydrogen-bond acceptors (Lipinski definition) is 5. The van der Waals surface area contributed by atoms with E-state index in [4.69, 9.17) is 9.26 Å². The van der Waals surface area contributed by atoms with E-state index in [9.17, 15) is 8.42 Å². The molecule has 0 radical (unpaired) electrons. The number of aromatic nitrogens is 1. The molecule has 0 spiro atoms. The predicted octanol–water partition coefficient (Wildman–Crippen LogP) is 4.03. The number of ether oxygens (including phenoxy) is 1. The first-order valence-electron chi connectivity index (χ1n) is 8.80. The van der Waals surface area contributed by atoms with Crippen molar-refractivity contribution in [3.63, 3.8) is 0 Å². The van der Waals surface area contributed by atoms with Gasteiger partial charge in [0, 0.05) is 0 Å². The van der Waals surface area contributed by atoms with Crippen molar-refractivity contribution in [2.24, 2.45) is 0 Å². The molecule has 2 aromatic carbocycles. The number of nitrogens with one attached hydrogen (secondary N) is 1. The summed E-state index contributed by atoms with van der Waals surface area (Å²) in [5.74, 6) is 0.810. The summed E-state index contributed by atoms with van der Waals surface area (Å²) < 4.78 is 38.6. The van der Waals surface area contributed by atoms with Crippen LogP contribution in [0.1, 0.15) is 24.0 Å². The predicted molar refractivity (Wildman–Crippen MR) is 102 cm³/mol. The Morgan fingerprint density at radius 2 is 1.78 bits per heavy atom. The van der Waals surface area contributed by atoms with E-state index < -0.39 is 10.0 Å². The molecule has 7 heteroatoms. The lowest BCUT2D eigenvalue weighted by molar-refractivity contribution is 0.415. The van der Waals surface area contributed by atoms with Gasteiger partial charge in [-0.25, -0.2) is 13.1 Å². The van der Waals surface area contributed by atoms with Crippen LogP contribution < -0.4 is 9.46 Å². The van der Waals surface area contributed by atoms with E-state index in [1.165, 1.54) is 11.8 Å². The minimum atomic E-state index is -3.77. The molecular formula is C20H20N2O4S. The molecule has 0 amide bonds. The van der Waals surface area contributed by atoms with Crippen molar-refractivity contribution >= 4 is 15.9 Å². The summed E-state index contributed by atoms with van der Waals surface area (Å²) in [6.07, 6.45) is 5.66. The van der Waals surface area contributed by atoms with Crippen LogP contribution in [0.2, 0.25) is 0 Å². The summed E-state index contributed by atoms with van der Waals surface area (Å²) >= 11 is 0. The third-order valence-electron chi connectivity index (χ3n) is 4.83. The van der Waals surface area contributed by atoms with Crippen LogP contribution in [0.25, 0.3) is 11.1 Å². The van der Waals surface area contributed by atoms with Crippen molar-refractivity contribution in [3.8, 4) is 16.9 Å². The summed E-state index contributed by atoms with van der Waals surface area (Å²) in [5, 5.41) is 3.76. The van der Waals surface area contributed by atoms with Gasteiger partial charge in [-0.3, -0.25) is 0 Å². The lowest BCUT2D eigenvalue weighted by Gasteiger charge is -2.16. The molecule has 1 N–H and O–H groups in total. The number of sulfonamides is 1. The van der Waals surface area contributed by atoms with Crippen molar-refractivity contribution in [1.82, 2.24) is 5.16 Å². The van der Waals surface area contributed by atoms with Crippen LogP contribution in [0.3, 0.4) is 0 Å². The molecule has 1 aliphatic carbocycles. The summed E-state index contributed by atoms with van der Waals surface area (Å²) in [5.41, 5.74) is 3.69. The monoisotopic (exact) mass is 384 g/mol. The first-order chi connectivity index (χ1) is 13.1. The molecule has 0 fully saturated rings. The highest BCUT2D eigenvalue weighted by Crippen LogP contribution is 2.31. The number of benzene rings is 2. The summed E-state index contributed by atoms with van der Waals surface area (Å²) in [4.78, 5) is 0.236. The second-order valence-corrected chi connectivity index (χ2v) is 8.22. The van der Waals surface area contributed by atoms with E-state index in [1.54, 1.807) is 31.4 Å². The van der Waals surface area contributed by atoms with Gasteiger partial charge in [0.05, 0.1) is 23.8 Å². The highest BCUT2D eigenvalue weighted by Gasteiger charge is 2.21. The minimum absolute atomic E-state index is 0.0953. The molecule has 0 saturated carbocycles. The van der Waals surface area contributed by atoms with Crippen LogP contribution in [0.15, 0.2) is 58.1 Å². The Hall–Kier alpha value is -2.80. The molecule has 0 saturated heterocycles. The van der Waals surface area contributed by atoms with Gasteiger partial charge < -0.3 is 9.26 Å². The number of rotatable bonds is 5. The van der Waals surface area contributed by atoms with Gasteiger partial charge in [0.25, 0.3) is 10.0 Å². The van der Waals surface area contributed by atoms with Crippen LogP contribution in [-0.2, 0) is 22.9 Å². The van der Waals surface area contributed by atoms with E-state index >= 15 is 0 Å². The van der Waals surface area contributed by atoms with Gasteiger partial charge in [-0.15, -0.1) is 0 Å². The average molecular weight is 384 g/mol. The molecule has 4 rings (SSSR count). The van der Waals surface area contributed by atoms with Crippen LogP contribution in [0.5, 0.6) is 5.75 Å². The van der Waals surface area contributed by atoms with E-state index in [-0.39, 0.29) is 10.8 Å². The molecule has 0 aliphatic heterocycles. The number of anilines is 1. The molecule has 1 aromatic heterocycles. The molecule has 0 atom stereocenters. The van der Waals surface area contributed by atoms with Crippen molar-refractivity contribution < 1.29 is 17.7 Å². The smallest absolute Gasteiger partial charge is 0.264 e. The van der Waals surface area contributed by atoms with Crippen LogP contribution >= 0.6 is 0 Å². The fourth-order valence-electron chi connectivity index (χ4n) is 3.35. The second-order valence-electron chi connectivity index (χ2n) is 6.54. The van der Waals surface area contributed by atoms with Crippen molar-refractivity contribution in [2.75, 3.05) is 11.8 Å². The Morgan fingerprint density at radius 1 is 1.04 bits per heavy atom. The molecule has 6 nitrogen and oxygen atoms in total. The minimum Gasteiger partial charge on any atom is -0.497 e. The Morgan fingerprint density at radius 3 is 2.52 bits per heavy atom. The SMILES string of the molecule is COc1ccc(-c2cnoc2NS(=O)(=O)c2ccc3c(c2)CCCC3)cc1. The number of hydrogen-bond donors (Lipinski definition) is 1. The van der Waals surface area contributed by atoms with Crippen molar-refractivity contribution in [3.05, 3.63) is 59.8 Å². The standard InChI is InChI=1S/C20H20N2O4S/c1-25-17-9-6-15(7-10-17)19-13-21-26-20(19)22-27(23,24)18-11-8-14-4-2-3-5-16(14)12-18/h6-13,22H,2-5H2,1H3. The largest absolute Gasteiger partial charge is 0.497 e. The van der Waals surface area contributed by atoms with Crippen LogP contribution in [0.4, 0.5) is 5.88 Å². The van der Waals surface area contributed by atoms with Gasteiger partial charge in [-0.2, -0.15) is 0 Å². The molecule has 1 aliphatic rings. The third-order valence-corrected chi connectivity index (χ3v) is 6.16. The lowest BCUT2D eigenvalue weighted by atomic mass is 9.92. The zero-order valence-corrected chi connectivity index (χ0v) is 15.8. The van der Waals surface area contributed by atoms with E-state index in [2.05, 4.69) is 9.88 Å². The van der Waals surface area contributed by atoms with E-state index in [1.807, 2.05) is 18.2 Å². The van der Waals surface area contributed by atoms with E-state index in [0.717, 1.165) is 36.8 Å². The Balaban J connectivity index is 1.63. The summed E-state index contributed by atoms with van der Waals surface area (Å²) in [6, 6.07) is 12.6. The molecule has 0 bridgehead atoms. The van der Waals surface area contributed by atoms with E-state index in [0.29, 0.717) is 11.3 Å². The Labute approximate surface area is 158 Å². The highest BCUT2D eigenvalue weighted by molar-refractivity contribution is 7.92. The van der Waals surface area contributed by atoms with Gasteiger partial charge in [0.1, 0.15) is 5.75 Å². The first-order valence-corrected chi connectivity index (χ1v) is 10.3. The maximum absolute atomic E-state index is 12.9. The molecule has 0 unspecified atom stereocenters. The summed E-state index contributed by atoms with van der Waals surface area (Å²) in [7, 11) is -2.18. The maximum atomic E-state index is 12.9. The second kappa shape index (κ2) is 7.08.